The molecule has 228 valence electrons. The maximum atomic E-state index is 14.7. The number of Topliss-reactive ketones (excluding diaryl/α,β-unsaturated/α-hetero) is 1. The highest BCUT2D eigenvalue weighted by molar-refractivity contribution is 6.14. The highest BCUT2D eigenvalue weighted by atomic mass is 19.4. The molecule has 11 heteroatoms. The van der Waals surface area contributed by atoms with E-state index in [1.807, 2.05) is 0 Å². The third-order valence-corrected chi connectivity index (χ3v) is 7.77. The highest BCUT2D eigenvalue weighted by Gasteiger charge is 2.51. The van der Waals surface area contributed by atoms with Crippen molar-refractivity contribution in [3.63, 3.8) is 0 Å². The van der Waals surface area contributed by atoms with Gasteiger partial charge in [-0.2, -0.15) is 13.2 Å². The van der Waals surface area contributed by atoms with Crippen LogP contribution in [0.3, 0.4) is 0 Å². The van der Waals surface area contributed by atoms with Crippen LogP contribution in [-0.4, -0.2) is 35.9 Å². The van der Waals surface area contributed by atoms with Crippen LogP contribution in [0.1, 0.15) is 48.8 Å². The van der Waals surface area contributed by atoms with E-state index in [0.717, 1.165) is 12.1 Å². The van der Waals surface area contributed by atoms with E-state index in [4.69, 9.17) is 15.2 Å². The molecule has 2 heterocycles. The third kappa shape index (κ3) is 5.57. The molecule has 0 unspecified atom stereocenters. The van der Waals surface area contributed by atoms with Crippen molar-refractivity contribution in [2.45, 2.75) is 38.3 Å². The van der Waals surface area contributed by atoms with Crippen LogP contribution < -0.4 is 10.6 Å². The molecule has 1 aromatic heterocycles. The molecule has 0 saturated heterocycles. The fourth-order valence-corrected chi connectivity index (χ4v) is 5.93. The zero-order valence-electron chi connectivity index (χ0n) is 24.0. The molecule has 5 rings (SSSR count). The monoisotopic (exact) mass is 605 g/mol. The SMILES string of the molecule is CCOC(=O)C1=C(N)N(c2ccc(C(F)(F)F)cc2)C2=C(C(=O)[C@@H](C(=O)OCC)[C@@H](c3ccccc3)C2)[C@@H]1c1cccnc1. The topological polar surface area (TPSA) is 112 Å². The minimum absolute atomic E-state index is 0.00294. The molecule has 2 aromatic carbocycles. The Labute approximate surface area is 252 Å². The van der Waals surface area contributed by atoms with E-state index >= 15 is 0 Å². The molecule has 0 amide bonds. The number of anilines is 1. The summed E-state index contributed by atoms with van der Waals surface area (Å²) in [6.45, 7) is 3.29. The van der Waals surface area contributed by atoms with Gasteiger partial charge in [-0.15, -0.1) is 0 Å². The first-order valence-corrected chi connectivity index (χ1v) is 14.1. The normalized spacial score (nSPS) is 20.3. The average molecular weight is 606 g/mol. The van der Waals surface area contributed by atoms with Crippen molar-refractivity contribution in [1.82, 2.24) is 4.98 Å². The van der Waals surface area contributed by atoms with Gasteiger partial charge in [0.2, 0.25) is 0 Å². The number of pyridine rings is 1. The quantitative estimate of drug-likeness (QED) is 0.273. The van der Waals surface area contributed by atoms with E-state index in [0.29, 0.717) is 16.8 Å². The molecule has 0 saturated carbocycles. The molecular formula is C33H30F3N3O5. The van der Waals surface area contributed by atoms with Crippen molar-refractivity contribution in [2.24, 2.45) is 11.7 Å². The first-order valence-electron chi connectivity index (χ1n) is 14.1. The number of hydrogen-bond acceptors (Lipinski definition) is 8. The summed E-state index contributed by atoms with van der Waals surface area (Å²) in [5.41, 5.74) is 7.56. The molecule has 44 heavy (non-hydrogen) atoms. The summed E-state index contributed by atoms with van der Waals surface area (Å²) in [6.07, 6.45) is -1.47. The number of carbonyl (C=O) groups excluding carboxylic acids is 3. The lowest BCUT2D eigenvalue weighted by atomic mass is 9.67. The van der Waals surface area contributed by atoms with Crippen LogP contribution >= 0.6 is 0 Å². The van der Waals surface area contributed by atoms with Crippen molar-refractivity contribution in [3.05, 3.63) is 118 Å². The van der Waals surface area contributed by atoms with Gasteiger partial charge >= 0.3 is 18.1 Å². The maximum absolute atomic E-state index is 14.7. The second-order valence-electron chi connectivity index (χ2n) is 10.3. The number of hydrogen-bond donors (Lipinski definition) is 1. The van der Waals surface area contributed by atoms with Gasteiger partial charge < -0.3 is 15.2 Å². The van der Waals surface area contributed by atoms with E-state index in [1.165, 1.54) is 29.4 Å². The number of nitrogens with zero attached hydrogens (tertiary/aromatic N) is 2. The molecule has 0 bridgehead atoms. The molecule has 0 fully saturated rings. The van der Waals surface area contributed by atoms with E-state index in [-0.39, 0.29) is 42.3 Å². The standard InChI is InChI=1S/C33H30F3N3O5/c1-3-43-31(41)26-23(19-9-6-5-7-10-19)17-24-27(29(26)40)25(20-11-8-16-38-18-20)28(32(42)44-4-2)30(37)39(24)22-14-12-21(13-15-22)33(34,35)36/h5-16,18,23,25-26H,3-4,17,37H2,1-2H3/t23-,25+,26+/m1/s1. The van der Waals surface area contributed by atoms with Crippen LogP contribution in [0.2, 0.25) is 0 Å². The predicted octanol–water partition coefficient (Wildman–Crippen LogP) is 5.63. The van der Waals surface area contributed by atoms with Gasteiger partial charge in [-0.25, -0.2) is 4.79 Å². The second kappa shape index (κ2) is 12.4. The number of alkyl halides is 3. The number of carbonyl (C=O) groups is 3. The Bertz CT molecular complexity index is 1620. The van der Waals surface area contributed by atoms with Crippen LogP contribution in [-0.2, 0) is 30.0 Å². The lowest BCUT2D eigenvalue weighted by Gasteiger charge is -2.44. The van der Waals surface area contributed by atoms with Gasteiger partial charge in [0, 0.05) is 35.3 Å². The second-order valence-corrected chi connectivity index (χ2v) is 10.3. The number of ketones is 1. The third-order valence-electron chi connectivity index (χ3n) is 7.77. The lowest BCUT2D eigenvalue weighted by Crippen LogP contribution is -2.46. The van der Waals surface area contributed by atoms with Crippen LogP contribution in [0, 0.1) is 5.92 Å². The Morgan fingerprint density at radius 1 is 0.955 bits per heavy atom. The Hall–Kier alpha value is -4.93. The van der Waals surface area contributed by atoms with Crippen LogP contribution in [0.5, 0.6) is 0 Å². The molecule has 1 aliphatic carbocycles. The van der Waals surface area contributed by atoms with Crippen molar-refractivity contribution >= 4 is 23.4 Å². The summed E-state index contributed by atoms with van der Waals surface area (Å²) < 4.78 is 51.1. The molecule has 2 N–H and O–H groups in total. The Morgan fingerprint density at radius 3 is 2.20 bits per heavy atom. The van der Waals surface area contributed by atoms with E-state index in [9.17, 15) is 27.6 Å². The van der Waals surface area contributed by atoms with Gasteiger partial charge in [0.05, 0.1) is 30.3 Å². The number of rotatable bonds is 7. The highest BCUT2D eigenvalue weighted by Crippen LogP contribution is 2.51. The predicted molar refractivity (Wildman–Crippen MR) is 155 cm³/mol. The summed E-state index contributed by atoms with van der Waals surface area (Å²) in [7, 11) is 0. The fourth-order valence-electron chi connectivity index (χ4n) is 5.93. The minimum atomic E-state index is -4.58. The number of benzene rings is 2. The minimum Gasteiger partial charge on any atom is -0.465 e. The number of aromatic nitrogens is 1. The summed E-state index contributed by atoms with van der Waals surface area (Å²) in [4.78, 5) is 47.3. The summed E-state index contributed by atoms with van der Waals surface area (Å²) in [5, 5.41) is 0. The zero-order valence-corrected chi connectivity index (χ0v) is 24.0. The number of ether oxygens (including phenoxy) is 2. The van der Waals surface area contributed by atoms with Gasteiger partial charge in [-0.3, -0.25) is 19.5 Å². The number of esters is 2. The average Bonchev–Trinajstić information content (AvgIpc) is 3.01. The van der Waals surface area contributed by atoms with Gasteiger partial charge in [0.15, 0.2) is 5.78 Å². The molecule has 0 radical (unpaired) electrons. The van der Waals surface area contributed by atoms with Gasteiger partial charge in [0.25, 0.3) is 0 Å². The molecular weight excluding hydrogens is 575 g/mol. The molecule has 8 nitrogen and oxygen atoms in total. The Kier molecular flexibility index (Phi) is 8.57. The van der Waals surface area contributed by atoms with E-state index in [2.05, 4.69) is 4.98 Å². The van der Waals surface area contributed by atoms with Crippen molar-refractivity contribution in [1.29, 1.82) is 0 Å². The first kappa shape index (κ1) is 30.5. The number of nitrogens with two attached hydrogens (primary N) is 1. The summed E-state index contributed by atoms with van der Waals surface area (Å²) in [6, 6.07) is 16.5. The largest absolute Gasteiger partial charge is 0.465 e. The first-order chi connectivity index (χ1) is 21.1. The fraction of sp³-hybridized carbons (Fsp3) is 0.273. The van der Waals surface area contributed by atoms with Gasteiger partial charge in [0.1, 0.15) is 11.7 Å². The van der Waals surface area contributed by atoms with Crippen LogP contribution in [0.25, 0.3) is 0 Å². The molecule has 0 spiro atoms. The number of halogens is 3. The van der Waals surface area contributed by atoms with Crippen molar-refractivity contribution in [3.8, 4) is 0 Å². The molecule has 3 aromatic rings. The zero-order chi connectivity index (χ0) is 31.6. The Morgan fingerprint density at radius 2 is 1.61 bits per heavy atom. The van der Waals surface area contributed by atoms with E-state index in [1.54, 1.807) is 56.3 Å². The van der Waals surface area contributed by atoms with Crippen molar-refractivity contribution in [2.75, 3.05) is 18.1 Å². The van der Waals surface area contributed by atoms with Crippen LogP contribution in [0.4, 0.5) is 18.9 Å². The van der Waals surface area contributed by atoms with E-state index < -0.39 is 47.2 Å². The molecule has 1 aliphatic heterocycles. The molecule has 3 atom stereocenters. The molecule has 2 aliphatic rings. The van der Waals surface area contributed by atoms with Gasteiger partial charge in [-0.1, -0.05) is 36.4 Å². The van der Waals surface area contributed by atoms with Gasteiger partial charge in [-0.05, 0) is 61.7 Å². The summed E-state index contributed by atoms with van der Waals surface area (Å²) >= 11 is 0. The maximum Gasteiger partial charge on any atom is 0.416 e. The Balaban J connectivity index is 1.80. The summed E-state index contributed by atoms with van der Waals surface area (Å²) in [5.74, 6) is -5.23. The smallest absolute Gasteiger partial charge is 0.416 e. The van der Waals surface area contributed by atoms with Crippen molar-refractivity contribution < 1.29 is 37.0 Å². The number of allylic oxidation sites excluding steroid dienone is 2. The van der Waals surface area contributed by atoms with Crippen LogP contribution in [0.15, 0.2) is 102 Å². The lowest BCUT2D eigenvalue weighted by molar-refractivity contribution is -0.152.